The van der Waals surface area contributed by atoms with Crippen LogP contribution in [0.1, 0.15) is 12.8 Å². The van der Waals surface area contributed by atoms with Gasteiger partial charge in [-0.3, -0.25) is 4.79 Å². The molecule has 2 aromatic heterocycles. The lowest BCUT2D eigenvalue weighted by molar-refractivity contribution is -0.121. The number of para-hydroxylation sites is 1. The first-order chi connectivity index (χ1) is 17.4. The molecule has 1 saturated heterocycles. The van der Waals surface area contributed by atoms with Crippen molar-refractivity contribution in [2.75, 3.05) is 18.6 Å². The monoisotopic (exact) mass is 527 g/mol. The highest BCUT2D eigenvalue weighted by Gasteiger charge is 2.34. The number of carbonyl (C=O) groups excluding carboxylic acids is 1. The summed E-state index contributed by atoms with van der Waals surface area (Å²) in [5, 5.41) is 3.63. The highest BCUT2D eigenvalue weighted by Crippen LogP contribution is 2.34. The Kier molecular flexibility index (Phi) is 6.61. The summed E-state index contributed by atoms with van der Waals surface area (Å²) in [4.78, 5) is 15.1. The van der Waals surface area contributed by atoms with Gasteiger partial charge in [-0.1, -0.05) is 29.4 Å². The lowest BCUT2D eigenvalue weighted by atomic mass is 10.0. The number of thiophene rings is 1. The van der Waals surface area contributed by atoms with Crippen LogP contribution in [0.3, 0.4) is 0 Å². The Morgan fingerprint density at radius 3 is 2.75 bits per heavy atom. The highest BCUT2D eigenvalue weighted by atomic mass is 32.2. The van der Waals surface area contributed by atoms with Crippen molar-refractivity contribution in [1.82, 2.24) is 9.88 Å². The van der Waals surface area contributed by atoms with Gasteiger partial charge in [0.1, 0.15) is 21.8 Å². The molecule has 8 nitrogen and oxygen atoms in total. The lowest BCUT2D eigenvalue weighted by Gasteiger charge is -2.32. The Hall–Kier alpha value is -3.54. The van der Waals surface area contributed by atoms with Crippen LogP contribution in [0.5, 0.6) is 5.75 Å². The molecule has 36 heavy (non-hydrogen) atoms. The number of amides is 1. The van der Waals surface area contributed by atoms with Crippen molar-refractivity contribution in [2.45, 2.75) is 23.1 Å². The van der Waals surface area contributed by atoms with Gasteiger partial charge >= 0.3 is 0 Å². The molecule has 11 heteroatoms. The number of rotatable bonds is 7. The number of carbonyl (C=O) groups is 1. The molecule has 2 aromatic carbocycles. The number of nitrogens with zero attached hydrogens (tertiary/aromatic N) is 2. The van der Waals surface area contributed by atoms with Crippen molar-refractivity contribution in [3.05, 3.63) is 72.7 Å². The Balaban J connectivity index is 1.36. The SMILES string of the molecule is COc1ccccc1-c1ccc(N2CCCC(NS(=O)(=O)c3ccc(-c4ccno4)s3)C2=O)c(F)c1. The Morgan fingerprint density at radius 2 is 2.00 bits per heavy atom. The fourth-order valence-electron chi connectivity index (χ4n) is 4.19. The minimum absolute atomic E-state index is 0.0474. The Labute approximate surface area is 211 Å². The minimum Gasteiger partial charge on any atom is -0.496 e. The largest absolute Gasteiger partial charge is 0.496 e. The van der Waals surface area contributed by atoms with Crippen molar-refractivity contribution in [3.63, 3.8) is 0 Å². The van der Waals surface area contributed by atoms with E-state index in [0.717, 1.165) is 16.9 Å². The number of hydrogen-bond donors (Lipinski definition) is 1. The van der Waals surface area contributed by atoms with Crippen LogP contribution in [-0.2, 0) is 14.8 Å². The molecule has 186 valence electrons. The second kappa shape index (κ2) is 9.84. The topological polar surface area (TPSA) is 102 Å². The zero-order valence-corrected chi connectivity index (χ0v) is 20.8. The van der Waals surface area contributed by atoms with Crippen LogP contribution < -0.4 is 14.4 Å². The van der Waals surface area contributed by atoms with Gasteiger partial charge in [0.25, 0.3) is 10.0 Å². The van der Waals surface area contributed by atoms with Crippen LogP contribution >= 0.6 is 11.3 Å². The summed E-state index contributed by atoms with van der Waals surface area (Å²) >= 11 is 1.01. The maximum Gasteiger partial charge on any atom is 0.250 e. The third-order valence-electron chi connectivity index (χ3n) is 5.92. The summed E-state index contributed by atoms with van der Waals surface area (Å²) in [5.41, 5.74) is 1.43. The van der Waals surface area contributed by atoms with Gasteiger partial charge in [-0.25, -0.2) is 12.8 Å². The average molecular weight is 528 g/mol. The average Bonchev–Trinajstić information content (AvgIpc) is 3.58. The molecule has 1 unspecified atom stereocenters. The van der Waals surface area contributed by atoms with E-state index in [-0.39, 0.29) is 16.4 Å². The van der Waals surface area contributed by atoms with Crippen LogP contribution in [0.2, 0.25) is 0 Å². The number of halogens is 1. The summed E-state index contributed by atoms with van der Waals surface area (Å²) in [6, 6.07) is 15.6. The fraction of sp³-hybridized carbons (Fsp3) is 0.200. The summed E-state index contributed by atoms with van der Waals surface area (Å²) in [5.74, 6) is -0.0207. The van der Waals surface area contributed by atoms with E-state index in [0.29, 0.717) is 34.8 Å². The lowest BCUT2D eigenvalue weighted by Crippen LogP contribution is -2.52. The molecule has 4 aromatic rings. The minimum atomic E-state index is -3.98. The van der Waals surface area contributed by atoms with E-state index < -0.39 is 27.8 Å². The smallest absolute Gasteiger partial charge is 0.250 e. The van der Waals surface area contributed by atoms with Gasteiger partial charge in [-0.2, -0.15) is 4.72 Å². The summed E-state index contributed by atoms with van der Waals surface area (Å²) in [7, 11) is -2.43. The highest BCUT2D eigenvalue weighted by molar-refractivity contribution is 7.91. The maximum absolute atomic E-state index is 15.2. The first-order valence-electron chi connectivity index (χ1n) is 11.1. The van der Waals surface area contributed by atoms with Crippen LogP contribution in [0, 0.1) is 5.82 Å². The number of benzene rings is 2. The van der Waals surface area contributed by atoms with Crippen molar-refractivity contribution in [3.8, 4) is 27.5 Å². The van der Waals surface area contributed by atoms with Gasteiger partial charge in [0.05, 0.1) is 23.9 Å². The molecule has 1 aliphatic rings. The summed E-state index contributed by atoms with van der Waals surface area (Å²) < 4.78 is 54.2. The number of anilines is 1. The number of methoxy groups -OCH3 is 1. The van der Waals surface area contributed by atoms with E-state index in [9.17, 15) is 13.2 Å². The van der Waals surface area contributed by atoms with Gasteiger partial charge in [-0.15, -0.1) is 11.3 Å². The Bertz CT molecular complexity index is 1500. The normalized spacial score (nSPS) is 16.3. The van der Waals surface area contributed by atoms with E-state index in [1.165, 1.54) is 29.3 Å². The van der Waals surface area contributed by atoms with Crippen LogP contribution in [0.15, 0.2) is 75.6 Å². The van der Waals surface area contributed by atoms with Crippen LogP contribution in [0.25, 0.3) is 21.8 Å². The maximum atomic E-state index is 15.2. The molecule has 5 rings (SSSR count). The predicted octanol–water partition coefficient (Wildman–Crippen LogP) is 4.69. The molecule has 1 fully saturated rings. The van der Waals surface area contributed by atoms with Crippen molar-refractivity contribution in [1.29, 1.82) is 0 Å². The van der Waals surface area contributed by atoms with E-state index >= 15 is 4.39 Å². The van der Waals surface area contributed by atoms with Gasteiger partial charge in [0, 0.05) is 18.2 Å². The van der Waals surface area contributed by atoms with Crippen LogP contribution in [0.4, 0.5) is 10.1 Å². The van der Waals surface area contributed by atoms with Crippen LogP contribution in [-0.4, -0.2) is 39.2 Å². The molecule has 0 bridgehead atoms. The number of sulfonamides is 1. The van der Waals surface area contributed by atoms with Gasteiger partial charge < -0.3 is 14.2 Å². The molecule has 1 aliphatic heterocycles. The quantitative estimate of drug-likeness (QED) is 0.374. The molecule has 1 N–H and O–H groups in total. The zero-order chi connectivity index (χ0) is 25.3. The number of aromatic nitrogens is 1. The zero-order valence-electron chi connectivity index (χ0n) is 19.2. The number of piperidine rings is 1. The number of hydrogen-bond acceptors (Lipinski definition) is 7. The first-order valence-corrected chi connectivity index (χ1v) is 13.4. The third kappa shape index (κ3) is 4.64. The van der Waals surface area contributed by atoms with E-state index in [4.69, 9.17) is 9.26 Å². The second-order valence-corrected chi connectivity index (χ2v) is 11.2. The summed E-state index contributed by atoms with van der Waals surface area (Å²) in [6.45, 7) is 0.288. The summed E-state index contributed by atoms with van der Waals surface area (Å²) in [6.07, 6.45) is 2.30. The van der Waals surface area contributed by atoms with E-state index in [1.54, 1.807) is 31.4 Å². The molecular formula is C25H22FN3O5S2. The van der Waals surface area contributed by atoms with Gasteiger partial charge in [0.15, 0.2) is 5.76 Å². The molecular weight excluding hydrogens is 505 g/mol. The second-order valence-electron chi connectivity index (χ2n) is 8.17. The number of ether oxygens (including phenoxy) is 1. The van der Waals surface area contributed by atoms with E-state index in [1.807, 2.05) is 18.2 Å². The Morgan fingerprint density at radius 1 is 1.17 bits per heavy atom. The molecule has 0 aliphatic carbocycles. The fourth-order valence-corrected chi connectivity index (χ4v) is 6.69. The molecule has 0 saturated carbocycles. The third-order valence-corrected chi connectivity index (χ3v) is 8.98. The molecule has 1 amide bonds. The van der Waals surface area contributed by atoms with Crippen molar-refractivity contribution >= 4 is 33.0 Å². The predicted molar refractivity (Wildman–Crippen MR) is 134 cm³/mol. The standard InChI is InChI=1S/C25H22FN3O5S2/c1-33-21-7-3-2-5-17(21)16-8-9-20(18(26)15-16)29-14-4-6-19(25(29)30)28-36(31,32)24-11-10-23(35-24)22-12-13-27-34-22/h2-3,5,7-13,15,19,28H,4,6,14H2,1H3. The molecule has 0 spiro atoms. The molecule has 3 heterocycles. The molecule has 1 atom stereocenters. The van der Waals surface area contributed by atoms with E-state index in [2.05, 4.69) is 9.88 Å². The van der Waals surface area contributed by atoms with Crippen molar-refractivity contribution in [2.24, 2.45) is 0 Å². The van der Waals surface area contributed by atoms with Crippen molar-refractivity contribution < 1.29 is 26.9 Å². The van der Waals surface area contributed by atoms with Gasteiger partial charge in [0.2, 0.25) is 5.91 Å². The molecule has 0 radical (unpaired) electrons. The first kappa shape index (κ1) is 24.2. The number of nitrogens with one attached hydrogen (secondary N) is 1. The van der Waals surface area contributed by atoms with Gasteiger partial charge in [-0.05, 0) is 48.7 Å².